The van der Waals surface area contributed by atoms with E-state index in [0.29, 0.717) is 11.1 Å². The summed E-state index contributed by atoms with van der Waals surface area (Å²) in [5, 5.41) is 0. The van der Waals surface area contributed by atoms with Gasteiger partial charge in [0.1, 0.15) is 0 Å². The highest BCUT2D eigenvalue weighted by molar-refractivity contribution is 5.59. The maximum Gasteiger partial charge on any atom is 0.411 e. The highest BCUT2D eigenvalue weighted by Crippen LogP contribution is 2.56. The molecule has 0 saturated heterocycles. The largest absolute Gasteiger partial charge is 0.411 e. The lowest BCUT2D eigenvalue weighted by Gasteiger charge is -2.38. The molecule has 3 rings (SSSR count). The number of rotatable bonds is 5. The Morgan fingerprint density at radius 3 is 1.74 bits per heavy atom. The van der Waals surface area contributed by atoms with E-state index in [2.05, 4.69) is 0 Å². The topological polar surface area (TPSA) is 52.0 Å². The molecule has 0 saturated carbocycles. The van der Waals surface area contributed by atoms with Crippen molar-refractivity contribution in [2.75, 3.05) is 11.5 Å². The quantitative estimate of drug-likeness (QED) is 0.298. The fraction of sp³-hybridized carbons (Fsp3) is 0.308. The molecule has 34 heavy (non-hydrogen) atoms. The van der Waals surface area contributed by atoms with Gasteiger partial charge in [0.25, 0.3) is 0 Å². The van der Waals surface area contributed by atoms with Gasteiger partial charge >= 0.3 is 12.4 Å². The van der Waals surface area contributed by atoms with Crippen LogP contribution in [0.5, 0.6) is 0 Å². The van der Waals surface area contributed by atoms with E-state index in [-0.39, 0.29) is 23.7 Å². The molecule has 2 nitrogen and oxygen atoms in total. The summed E-state index contributed by atoms with van der Waals surface area (Å²) in [5.74, 6) is 0.187. The molecule has 3 aromatic carbocycles. The fourth-order valence-corrected chi connectivity index (χ4v) is 4.31. The van der Waals surface area contributed by atoms with E-state index in [0.717, 1.165) is 41.5 Å². The molecule has 0 heterocycles. The maximum absolute atomic E-state index is 14.4. The van der Waals surface area contributed by atoms with Gasteiger partial charge < -0.3 is 11.5 Å². The van der Waals surface area contributed by atoms with Crippen molar-refractivity contribution in [2.45, 2.75) is 50.9 Å². The number of halogens is 6. The lowest BCUT2D eigenvalue weighted by molar-refractivity contribution is -0.288. The average Bonchev–Trinajstić information content (AvgIpc) is 2.71. The Balaban J connectivity index is 2.21. The molecule has 0 bridgehead atoms. The van der Waals surface area contributed by atoms with Crippen LogP contribution in [0.15, 0.2) is 60.7 Å². The van der Waals surface area contributed by atoms with E-state index in [4.69, 9.17) is 11.5 Å². The monoisotopic (exact) mass is 480 g/mol. The fourth-order valence-electron chi connectivity index (χ4n) is 4.31. The van der Waals surface area contributed by atoms with Gasteiger partial charge in [-0.05, 0) is 64.8 Å². The van der Waals surface area contributed by atoms with E-state index in [1.807, 2.05) is 38.1 Å². The van der Waals surface area contributed by atoms with Gasteiger partial charge in [-0.1, -0.05) is 62.4 Å². The molecular formula is C26H26F6N2. The van der Waals surface area contributed by atoms with E-state index in [1.165, 1.54) is 13.0 Å². The lowest BCUT2D eigenvalue weighted by Crippen LogP contribution is -2.54. The van der Waals surface area contributed by atoms with Crippen molar-refractivity contribution in [2.24, 2.45) is 0 Å². The molecule has 182 valence electrons. The van der Waals surface area contributed by atoms with Gasteiger partial charge in [0.15, 0.2) is 0 Å². The molecule has 0 radical (unpaired) electrons. The molecule has 0 amide bonds. The second-order valence-corrected chi connectivity index (χ2v) is 8.76. The zero-order chi connectivity index (χ0) is 25.5. The molecule has 0 spiro atoms. The molecule has 0 aromatic heterocycles. The summed E-state index contributed by atoms with van der Waals surface area (Å²) in [7, 11) is 0. The summed E-state index contributed by atoms with van der Waals surface area (Å²) < 4.78 is 86.4. The number of alkyl halides is 6. The SMILES string of the molecule is Cc1ccc(C(c2ccc(Cc3ccccc3C(C)C)c(N)c2)(C(F)(F)F)C(F)(F)F)cc1N. The number of nitrogen functional groups attached to an aromatic ring is 2. The van der Waals surface area contributed by atoms with Crippen LogP contribution < -0.4 is 11.5 Å². The van der Waals surface area contributed by atoms with Gasteiger partial charge in [-0.2, -0.15) is 26.3 Å². The van der Waals surface area contributed by atoms with Crippen LogP contribution in [0.1, 0.15) is 53.1 Å². The molecule has 8 heteroatoms. The smallest absolute Gasteiger partial charge is 0.399 e. The third-order valence-corrected chi connectivity index (χ3v) is 6.20. The lowest BCUT2D eigenvalue weighted by atomic mass is 9.72. The van der Waals surface area contributed by atoms with E-state index in [1.54, 1.807) is 0 Å². The Morgan fingerprint density at radius 2 is 1.24 bits per heavy atom. The minimum absolute atomic E-state index is 0.144. The summed E-state index contributed by atoms with van der Waals surface area (Å²) in [4.78, 5) is 0. The maximum atomic E-state index is 14.4. The summed E-state index contributed by atoms with van der Waals surface area (Å²) in [6, 6.07) is 13.1. The molecule has 0 fully saturated rings. The predicted molar refractivity (Wildman–Crippen MR) is 123 cm³/mol. The van der Waals surface area contributed by atoms with Gasteiger partial charge in [0, 0.05) is 11.4 Å². The zero-order valence-corrected chi connectivity index (χ0v) is 19.0. The number of hydrogen-bond donors (Lipinski definition) is 2. The second kappa shape index (κ2) is 8.89. The Labute approximate surface area is 194 Å². The first-order valence-electron chi connectivity index (χ1n) is 10.7. The van der Waals surface area contributed by atoms with Crippen molar-refractivity contribution in [3.63, 3.8) is 0 Å². The van der Waals surface area contributed by atoms with Gasteiger partial charge in [0.2, 0.25) is 5.41 Å². The molecule has 3 aromatic rings. The summed E-state index contributed by atoms with van der Waals surface area (Å²) >= 11 is 0. The Kier molecular flexibility index (Phi) is 6.66. The number of aryl methyl sites for hydroxylation is 1. The van der Waals surface area contributed by atoms with Crippen LogP contribution in [-0.2, 0) is 11.8 Å². The molecule has 0 unspecified atom stereocenters. The Hall–Kier alpha value is -3.16. The van der Waals surface area contributed by atoms with Crippen molar-refractivity contribution in [1.82, 2.24) is 0 Å². The van der Waals surface area contributed by atoms with Gasteiger partial charge in [0.05, 0.1) is 0 Å². The number of nitrogens with two attached hydrogens (primary N) is 2. The van der Waals surface area contributed by atoms with Crippen molar-refractivity contribution in [3.8, 4) is 0 Å². The van der Waals surface area contributed by atoms with E-state index >= 15 is 0 Å². The molecular weight excluding hydrogens is 454 g/mol. The van der Waals surface area contributed by atoms with Crippen molar-refractivity contribution >= 4 is 11.4 Å². The standard InChI is InChI=1S/C26H26F6N2/c1-15(2)21-7-5-4-6-17(21)12-18-9-11-20(14-23(18)34)24(25(27,28)29,26(30,31)32)19-10-8-16(3)22(33)13-19/h4-11,13-15H,12,33-34H2,1-3H3. The van der Waals surface area contributed by atoms with Crippen LogP contribution in [0.2, 0.25) is 0 Å². The van der Waals surface area contributed by atoms with Crippen molar-refractivity contribution < 1.29 is 26.3 Å². The van der Waals surface area contributed by atoms with Crippen molar-refractivity contribution in [1.29, 1.82) is 0 Å². The van der Waals surface area contributed by atoms with E-state index < -0.39 is 28.9 Å². The van der Waals surface area contributed by atoms with Crippen LogP contribution in [-0.4, -0.2) is 12.4 Å². The minimum Gasteiger partial charge on any atom is -0.399 e. The first kappa shape index (κ1) is 25.5. The van der Waals surface area contributed by atoms with Gasteiger partial charge in [-0.15, -0.1) is 0 Å². The van der Waals surface area contributed by atoms with Crippen molar-refractivity contribution in [3.05, 3.63) is 94.0 Å². The van der Waals surface area contributed by atoms with Gasteiger partial charge in [-0.25, -0.2) is 0 Å². The minimum atomic E-state index is -5.70. The number of anilines is 2. The summed E-state index contributed by atoms with van der Waals surface area (Å²) in [6.07, 6.45) is -11.1. The first-order chi connectivity index (χ1) is 15.7. The normalized spacial score (nSPS) is 12.9. The second-order valence-electron chi connectivity index (χ2n) is 8.76. The molecule has 0 aliphatic rings. The van der Waals surface area contributed by atoms with Crippen LogP contribution >= 0.6 is 0 Å². The highest BCUT2D eigenvalue weighted by atomic mass is 19.4. The average molecular weight is 480 g/mol. The van der Waals surface area contributed by atoms with Crippen LogP contribution in [0.4, 0.5) is 37.7 Å². The van der Waals surface area contributed by atoms with Crippen LogP contribution in [0, 0.1) is 6.92 Å². The highest BCUT2D eigenvalue weighted by Gasteiger charge is 2.72. The van der Waals surface area contributed by atoms with Gasteiger partial charge in [-0.3, -0.25) is 0 Å². The van der Waals surface area contributed by atoms with Crippen LogP contribution in [0.25, 0.3) is 0 Å². The Bertz CT molecular complexity index is 1160. The molecule has 4 N–H and O–H groups in total. The number of benzene rings is 3. The predicted octanol–water partition coefficient (Wildman–Crippen LogP) is 7.28. The molecule has 0 aliphatic carbocycles. The first-order valence-corrected chi connectivity index (χ1v) is 10.7. The third kappa shape index (κ3) is 4.33. The van der Waals surface area contributed by atoms with E-state index in [9.17, 15) is 26.3 Å². The Morgan fingerprint density at radius 1 is 0.706 bits per heavy atom. The van der Waals surface area contributed by atoms with Crippen LogP contribution in [0.3, 0.4) is 0 Å². The molecule has 0 aliphatic heterocycles. The summed E-state index contributed by atoms with van der Waals surface area (Å²) in [6.45, 7) is 5.50. The number of hydrogen-bond acceptors (Lipinski definition) is 2. The third-order valence-electron chi connectivity index (χ3n) is 6.20. The zero-order valence-electron chi connectivity index (χ0n) is 19.0. The molecule has 0 atom stereocenters. The summed E-state index contributed by atoms with van der Waals surface area (Å²) in [5.41, 5.74) is 7.90.